The summed E-state index contributed by atoms with van der Waals surface area (Å²) in [7, 11) is 0. The molecule has 1 aliphatic carbocycles. The third kappa shape index (κ3) is 0.926. The maximum atomic E-state index is 5.22. The zero-order valence-corrected chi connectivity index (χ0v) is 6.97. The maximum Gasteiger partial charge on any atom is 0.110 e. The van der Waals surface area contributed by atoms with Crippen LogP contribution < -0.4 is 0 Å². The van der Waals surface area contributed by atoms with Gasteiger partial charge in [-0.3, -0.25) is 0 Å². The fourth-order valence-electron chi connectivity index (χ4n) is 1.18. The molecular weight excluding hydrogens is 192 g/mol. The van der Waals surface area contributed by atoms with Crippen molar-refractivity contribution in [1.29, 1.82) is 0 Å². The normalized spacial score (nSPS) is 28.7. The van der Waals surface area contributed by atoms with E-state index in [1.165, 1.54) is 4.48 Å². The molecule has 0 aromatic heterocycles. The van der Waals surface area contributed by atoms with Crippen LogP contribution in [0.5, 0.6) is 0 Å². The molecule has 52 valence electrons. The molecular formula is C8H7BrO. The van der Waals surface area contributed by atoms with E-state index >= 15 is 0 Å². The van der Waals surface area contributed by atoms with Crippen molar-refractivity contribution in [3.05, 3.63) is 34.7 Å². The van der Waals surface area contributed by atoms with Gasteiger partial charge in [0.25, 0.3) is 0 Å². The summed E-state index contributed by atoms with van der Waals surface area (Å²) in [6.45, 7) is 0. The molecule has 0 saturated carbocycles. The Bertz CT molecular complexity index is 238. The van der Waals surface area contributed by atoms with Crippen LogP contribution in [0.4, 0.5) is 0 Å². The van der Waals surface area contributed by atoms with Crippen molar-refractivity contribution in [2.45, 2.75) is 6.42 Å². The molecule has 1 heterocycles. The summed E-state index contributed by atoms with van der Waals surface area (Å²) in [5.74, 6) is 1.56. The van der Waals surface area contributed by atoms with E-state index in [9.17, 15) is 0 Å². The molecule has 10 heavy (non-hydrogen) atoms. The molecule has 0 saturated heterocycles. The van der Waals surface area contributed by atoms with Gasteiger partial charge < -0.3 is 4.74 Å². The molecule has 0 fully saturated rings. The Kier molecular flexibility index (Phi) is 1.42. The van der Waals surface area contributed by atoms with E-state index in [0.717, 1.165) is 12.2 Å². The van der Waals surface area contributed by atoms with Crippen molar-refractivity contribution < 1.29 is 4.74 Å². The monoisotopic (exact) mass is 198 g/mol. The van der Waals surface area contributed by atoms with Crippen molar-refractivity contribution in [3.8, 4) is 0 Å². The van der Waals surface area contributed by atoms with E-state index in [1.54, 1.807) is 6.26 Å². The minimum atomic E-state index is 0.486. The van der Waals surface area contributed by atoms with Gasteiger partial charge in [0.15, 0.2) is 0 Å². The van der Waals surface area contributed by atoms with Crippen molar-refractivity contribution in [2.24, 2.45) is 5.92 Å². The number of ether oxygens (including phenoxy) is 1. The molecule has 0 bridgehead atoms. The summed E-state index contributed by atoms with van der Waals surface area (Å²) in [5.41, 5.74) is 0. The second-order valence-electron chi connectivity index (χ2n) is 2.44. The Morgan fingerprint density at radius 1 is 1.50 bits per heavy atom. The van der Waals surface area contributed by atoms with Gasteiger partial charge in [0.1, 0.15) is 5.76 Å². The average Bonchev–Trinajstić information content (AvgIpc) is 2.33. The van der Waals surface area contributed by atoms with Gasteiger partial charge >= 0.3 is 0 Å². The van der Waals surface area contributed by atoms with Gasteiger partial charge in [-0.1, -0.05) is 15.9 Å². The lowest BCUT2D eigenvalue weighted by Gasteiger charge is -2.12. The highest BCUT2D eigenvalue weighted by Gasteiger charge is 2.20. The van der Waals surface area contributed by atoms with Gasteiger partial charge in [-0.05, 0) is 29.1 Å². The van der Waals surface area contributed by atoms with Gasteiger partial charge in [0.2, 0.25) is 0 Å². The lowest BCUT2D eigenvalue weighted by molar-refractivity contribution is 0.341. The number of hydrogen-bond donors (Lipinski definition) is 0. The fraction of sp³-hybridized carbons (Fsp3) is 0.250. The molecule has 1 atom stereocenters. The summed E-state index contributed by atoms with van der Waals surface area (Å²) in [6, 6.07) is 0. The largest absolute Gasteiger partial charge is 0.469 e. The van der Waals surface area contributed by atoms with Gasteiger partial charge in [0.05, 0.1) is 6.26 Å². The number of rotatable bonds is 0. The van der Waals surface area contributed by atoms with Crippen LogP contribution in [0.2, 0.25) is 0 Å². The highest BCUT2D eigenvalue weighted by molar-refractivity contribution is 9.11. The third-order valence-electron chi connectivity index (χ3n) is 1.72. The molecule has 0 N–H and O–H groups in total. The van der Waals surface area contributed by atoms with E-state index in [2.05, 4.69) is 22.0 Å². The van der Waals surface area contributed by atoms with Gasteiger partial charge in [0, 0.05) is 5.92 Å². The molecule has 2 heteroatoms. The van der Waals surface area contributed by atoms with E-state index in [1.807, 2.05) is 12.2 Å². The standard InChI is InChI=1S/C8H7BrO/c9-7-1-2-8-6(5-7)3-4-10-8/h1-4,6H,5H2. The number of halogens is 1. The van der Waals surface area contributed by atoms with E-state index in [4.69, 9.17) is 4.74 Å². The molecule has 2 rings (SSSR count). The first-order chi connectivity index (χ1) is 4.86. The fourth-order valence-corrected chi connectivity index (χ4v) is 1.66. The predicted octanol–water partition coefficient (Wildman–Crippen LogP) is 2.71. The highest BCUT2D eigenvalue weighted by atomic mass is 79.9. The minimum Gasteiger partial charge on any atom is -0.469 e. The van der Waals surface area contributed by atoms with Gasteiger partial charge in [-0.25, -0.2) is 0 Å². The Morgan fingerprint density at radius 2 is 2.40 bits per heavy atom. The van der Waals surface area contributed by atoms with Crippen LogP contribution in [-0.2, 0) is 4.74 Å². The Balaban J connectivity index is 2.28. The number of allylic oxidation sites excluding steroid dienone is 4. The minimum absolute atomic E-state index is 0.486. The second-order valence-corrected chi connectivity index (χ2v) is 3.46. The third-order valence-corrected chi connectivity index (χ3v) is 2.31. The van der Waals surface area contributed by atoms with E-state index in [-0.39, 0.29) is 0 Å². The molecule has 0 amide bonds. The van der Waals surface area contributed by atoms with Crippen LogP contribution in [-0.4, -0.2) is 0 Å². The summed E-state index contributed by atoms with van der Waals surface area (Å²) in [5, 5.41) is 0. The van der Waals surface area contributed by atoms with Crippen molar-refractivity contribution >= 4 is 15.9 Å². The molecule has 0 radical (unpaired) electrons. The van der Waals surface area contributed by atoms with Crippen LogP contribution >= 0.6 is 15.9 Å². The zero-order valence-electron chi connectivity index (χ0n) is 5.38. The Labute approximate surface area is 68.2 Å². The highest BCUT2D eigenvalue weighted by Crippen LogP contribution is 2.33. The van der Waals surface area contributed by atoms with Crippen LogP contribution in [0, 0.1) is 5.92 Å². The van der Waals surface area contributed by atoms with Gasteiger partial charge in [-0.2, -0.15) is 0 Å². The van der Waals surface area contributed by atoms with Gasteiger partial charge in [-0.15, -0.1) is 0 Å². The van der Waals surface area contributed by atoms with E-state index in [0.29, 0.717) is 5.92 Å². The lowest BCUT2D eigenvalue weighted by atomic mass is 10.0. The maximum absolute atomic E-state index is 5.22. The van der Waals surface area contributed by atoms with Crippen LogP contribution in [0.3, 0.4) is 0 Å². The summed E-state index contributed by atoms with van der Waals surface area (Å²) in [6.07, 6.45) is 8.94. The molecule has 1 aliphatic heterocycles. The van der Waals surface area contributed by atoms with Crippen LogP contribution in [0.25, 0.3) is 0 Å². The topological polar surface area (TPSA) is 9.23 Å². The predicted molar refractivity (Wildman–Crippen MR) is 43.4 cm³/mol. The average molecular weight is 199 g/mol. The Morgan fingerprint density at radius 3 is 3.30 bits per heavy atom. The first-order valence-electron chi connectivity index (χ1n) is 3.26. The summed E-state index contributed by atoms with van der Waals surface area (Å²) >= 11 is 3.45. The molecule has 0 aromatic rings. The molecule has 0 spiro atoms. The molecule has 0 aromatic carbocycles. The quantitative estimate of drug-likeness (QED) is 0.582. The number of fused-ring (bicyclic) bond motifs is 1. The molecule has 2 aliphatic rings. The summed E-state index contributed by atoms with van der Waals surface area (Å²) in [4.78, 5) is 0. The van der Waals surface area contributed by atoms with Crippen LogP contribution in [0.15, 0.2) is 34.7 Å². The van der Waals surface area contributed by atoms with Crippen molar-refractivity contribution in [1.82, 2.24) is 0 Å². The first-order valence-corrected chi connectivity index (χ1v) is 4.05. The second kappa shape index (κ2) is 2.27. The smallest absolute Gasteiger partial charge is 0.110 e. The zero-order chi connectivity index (χ0) is 6.97. The number of hydrogen-bond acceptors (Lipinski definition) is 1. The first kappa shape index (κ1) is 6.23. The van der Waals surface area contributed by atoms with Crippen molar-refractivity contribution in [2.75, 3.05) is 0 Å². The molecule has 1 unspecified atom stereocenters. The summed E-state index contributed by atoms with van der Waals surface area (Å²) < 4.78 is 6.47. The SMILES string of the molecule is BrC1=CC=C2OC=CC2C1. The van der Waals surface area contributed by atoms with Crippen LogP contribution in [0.1, 0.15) is 6.42 Å². The Hall–Kier alpha value is -0.500. The lowest BCUT2D eigenvalue weighted by Crippen LogP contribution is -2.00. The van der Waals surface area contributed by atoms with E-state index < -0.39 is 0 Å². The van der Waals surface area contributed by atoms with Crippen molar-refractivity contribution in [3.63, 3.8) is 0 Å². The molecule has 1 nitrogen and oxygen atoms in total.